The Morgan fingerprint density at radius 3 is 2.42 bits per heavy atom. The van der Waals surface area contributed by atoms with E-state index < -0.39 is 47.6 Å². The Bertz CT molecular complexity index is 1360. The van der Waals surface area contributed by atoms with Crippen LogP contribution < -0.4 is 0 Å². The lowest BCUT2D eigenvalue weighted by Crippen LogP contribution is -2.43. The summed E-state index contributed by atoms with van der Waals surface area (Å²) < 4.78 is 82.6. The smallest absolute Gasteiger partial charge is 0.374 e. The van der Waals surface area contributed by atoms with Gasteiger partial charge in [0.1, 0.15) is 0 Å². The van der Waals surface area contributed by atoms with E-state index in [-0.39, 0.29) is 44.9 Å². The SMILES string of the molecule is Cc1cc(C2=NO[C@@](c3cc(Br)cc(C(F)(F)F)c3)(C(F)(F)F)C2)ccc1C(=O)N(C=O)C1CC(Cl)=NO1. The lowest BCUT2D eigenvalue weighted by atomic mass is 9.85. The summed E-state index contributed by atoms with van der Waals surface area (Å²) in [6.07, 6.45) is -11.8. The summed E-state index contributed by atoms with van der Waals surface area (Å²) in [6.45, 7) is 1.48. The fraction of sp³-hybridized carbons (Fsp3) is 0.304. The van der Waals surface area contributed by atoms with Crippen molar-refractivity contribution < 1.29 is 45.6 Å². The molecule has 2 aromatic rings. The second-order valence-electron chi connectivity index (χ2n) is 8.44. The van der Waals surface area contributed by atoms with Gasteiger partial charge in [-0.3, -0.25) is 9.59 Å². The fourth-order valence-corrected chi connectivity index (χ4v) is 4.66. The standard InChI is InChI=1S/C23H15BrClF6N3O4/c1-11-4-12(2-3-16(11)20(36)34(10-35)19-8-18(25)33-37-19)17-9-21(38-32-17,23(29,30)31)13-5-14(22(26,27)28)7-15(24)6-13/h2-7,10,19H,8-9H2,1H3/t19?,21-/m0/s1. The van der Waals surface area contributed by atoms with E-state index in [2.05, 4.69) is 26.2 Å². The molecular weight excluding hydrogens is 612 g/mol. The van der Waals surface area contributed by atoms with Crippen LogP contribution in [0, 0.1) is 6.92 Å². The van der Waals surface area contributed by atoms with Crippen molar-refractivity contribution in [1.82, 2.24) is 4.90 Å². The first-order chi connectivity index (χ1) is 17.7. The number of rotatable bonds is 5. The number of carbonyl (C=O) groups excluding carboxylic acids is 2. The molecule has 1 unspecified atom stereocenters. The van der Waals surface area contributed by atoms with Crippen molar-refractivity contribution in [1.29, 1.82) is 0 Å². The normalized spacial score (nSPS) is 21.3. The third kappa shape index (κ3) is 5.10. The van der Waals surface area contributed by atoms with Crippen LogP contribution in [0.1, 0.15) is 45.5 Å². The molecule has 4 rings (SSSR count). The minimum atomic E-state index is -5.14. The van der Waals surface area contributed by atoms with Gasteiger partial charge in [0, 0.05) is 22.0 Å². The predicted molar refractivity (Wildman–Crippen MR) is 125 cm³/mol. The molecule has 7 nitrogen and oxygen atoms in total. The molecule has 0 bridgehead atoms. The summed E-state index contributed by atoms with van der Waals surface area (Å²) in [6, 6.07) is 5.84. The number of carbonyl (C=O) groups is 2. The molecule has 0 saturated heterocycles. The zero-order chi connectivity index (χ0) is 28.0. The molecule has 0 aliphatic carbocycles. The molecule has 2 atom stereocenters. The molecule has 2 heterocycles. The maximum atomic E-state index is 14.3. The van der Waals surface area contributed by atoms with Crippen LogP contribution in [-0.4, -0.2) is 40.5 Å². The molecule has 0 fully saturated rings. The van der Waals surface area contributed by atoms with Crippen LogP contribution in [0.5, 0.6) is 0 Å². The van der Waals surface area contributed by atoms with Crippen molar-refractivity contribution in [3.05, 3.63) is 68.7 Å². The molecule has 0 spiro atoms. The van der Waals surface area contributed by atoms with Gasteiger partial charge in [-0.15, -0.1) is 0 Å². The molecule has 0 N–H and O–H groups in total. The Morgan fingerprint density at radius 1 is 1.16 bits per heavy atom. The largest absolute Gasteiger partial charge is 0.435 e. The summed E-state index contributed by atoms with van der Waals surface area (Å²) >= 11 is 8.57. The molecule has 2 aliphatic rings. The minimum Gasteiger partial charge on any atom is -0.374 e. The molecule has 38 heavy (non-hydrogen) atoms. The van der Waals surface area contributed by atoms with E-state index >= 15 is 0 Å². The summed E-state index contributed by atoms with van der Waals surface area (Å²) in [4.78, 5) is 35.0. The van der Waals surface area contributed by atoms with Gasteiger partial charge >= 0.3 is 12.4 Å². The third-order valence-electron chi connectivity index (χ3n) is 5.94. The second-order valence-corrected chi connectivity index (χ2v) is 9.79. The molecule has 0 aromatic heterocycles. The molecule has 2 amide bonds. The highest BCUT2D eigenvalue weighted by Crippen LogP contribution is 2.50. The fourth-order valence-electron chi connectivity index (χ4n) is 4.00. The number of benzene rings is 2. The molecule has 2 aromatic carbocycles. The van der Waals surface area contributed by atoms with Gasteiger partial charge in [0.05, 0.1) is 17.7 Å². The maximum absolute atomic E-state index is 14.3. The molecule has 15 heteroatoms. The van der Waals surface area contributed by atoms with Crippen molar-refractivity contribution in [2.75, 3.05) is 0 Å². The van der Waals surface area contributed by atoms with Gasteiger partial charge in [0.2, 0.25) is 12.6 Å². The van der Waals surface area contributed by atoms with Gasteiger partial charge in [-0.25, -0.2) is 4.90 Å². The van der Waals surface area contributed by atoms with E-state index in [1.165, 1.54) is 25.1 Å². The van der Waals surface area contributed by atoms with Crippen molar-refractivity contribution in [3.8, 4) is 0 Å². The van der Waals surface area contributed by atoms with Crippen LogP contribution in [0.2, 0.25) is 0 Å². The molecular formula is C23H15BrClF6N3O4. The van der Waals surface area contributed by atoms with Crippen LogP contribution in [0.25, 0.3) is 0 Å². The quantitative estimate of drug-likeness (QED) is 0.290. The summed E-state index contributed by atoms with van der Waals surface area (Å²) in [5, 5.41) is 7.09. The topological polar surface area (TPSA) is 80.6 Å². The number of imide groups is 1. The zero-order valence-electron chi connectivity index (χ0n) is 19.0. The zero-order valence-corrected chi connectivity index (χ0v) is 21.4. The van der Waals surface area contributed by atoms with E-state index in [1.54, 1.807) is 0 Å². The van der Waals surface area contributed by atoms with E-state index in [9.17, 15) is 35.9 Å². The van der Waals surface area contributed by atoms with Gasteiger partial charge < -0.3 is 9.68 Å². The number of halogens is 8. The lowest BCUT2D eigenvalue weighted by molar-refractivity contribution is -0.276. The highest BCUT2D eigenvalue weighted by atomic mass is 79.9. The predicted octanol–water partition coefficient (Wildman–Crippen LogP) is 6.26. The third-order valence-corrected chi connectivity index (χ3v) is 6.62. The molecule has 0 radical (unpaired) electrons. The van der Waals surface area contributed by atoms with E-state index in [1.807, 2.05) is 0 Å². The monoisotopic (exact) mass is 625 g/mol. The number of alkyl halides is 6. The highest BCUT2D eigenvalue weighted by molar-refractivity contribution is 9.10. The van der Waals surface area contributed by atoms with Gasteiger partial charge in [0.25, 0.3) is 11.5 Å². The number of oxime groups is 2. The van der Waals surface area contributed by atoms with Crippen molar-refractivity contribution >= 4 is 50.7 Å². The summed E-state index contributed by atoms with van der Waals surface area (Å²) in [5.41, 5.74) is -5.01. The van der Waals surface area contributed by atoms with E-state index in [0.29, 0.717) is 12.1 Å². The van der Waals surface area contributed by atoms with E-state index in [0.717, 1.165) is 11.0 Å². The number of hydrogen-bond acceptors (Lipinski definition) is 6. The average Bonchev–Trinajstić information content (AvgIpc) is 3.46. The van der Waals surface area contributed by atoms with E-state index in [4.69, 9.17) is 21.3 Å². The molecule has 0 saturated carbocycles. The maximum Gasteiger partial charge on any atom is 0.435 e. The molecule has 202 valence electrons. The Hall–Kier alpha value is -3.13. The van der Waals surface area contributed by atoms with Crippen molar-refractivity contribution in [2.24, 2.45) is 10.3 Å². The first kappa shape index (κ1) is 27.9. The van der Waals surface area contributed by atoms with Crippen molar-refractivity contribution in [2.45, 2.75) is 43.9 Å². The van der Waals surface area contributed by atoms with Crippen molar-refractivity contribution in [3.63, 3.8) is 0 Å². The summed E-state index contributed by atoms with van der Waals surface area (Å²) in [7, 11) is 0. The Morgan fingerprint density at radius 2 is 1.87 bits per heavy atom. The number of hydrogen-bond donors (Lipinski definition) is 0. The average molecular weight is 627 g/mol. The number of nitrogens with zero attached hydrogens (tertiary/aromatic N) is 3. The highest BCUT2D eigenvalue weighted by Gasteiger charge is 2.62. The van der Waals surface area contributed by atoms with Crippen LogP contribution in [-0.2, 0) is 26.2 Å². The minimum absolute atomic E-state index is 0.0114. The van der Waals surface area contributed by atoms with Crippen LogP contribution in [0.4, 0.5) is 26.3 Å². The van der Waals surface area contributed by atoms with Gasteiger partial charge in [-0.05, 0) is 48.4 Å². The second kappa shape index (κ2) is 9.88. The number of amides is 2. The van der Waals surface area contributed by atoms with Crippen LogP contribution >= 0.6 is 27.5 Å². The first-order valence-electron chi connectivity index (χ1n) is 10.6. The Labute approximate surface area is 224 Å². The number of aryl methyl sites for hydroxylation is 1. The van der Waals surface area contributed by atoms with Gasteiger partial charge in [-0.2, -0.15) is 26.3 Å². The van der Waals surface area contributed by atoms with Crippen LogP contribution in [0.3, 0.4) is 0 Å². The van der Waals surface area contributed by atoms with Crippen LogP contribution in [0.15, 0.2) is 51.2 Å². The Kier molecular flexibility index (Phi) is 7.25. The lowest BCUT2D eigenvalue weighted by Gasteiger charge is -2.30. The summed E-state index contributed by atoms with van der Waals surface area (Å²) in [5.74, 6) is -0.765. The first-order valence-corrected chi connectivity index (χ1v) is 11.8. The van der Waals surface area contributed by atoms with Gasteiger partial charge in [0.15, 0.2) is 5.17 Å². The Balaban J connectivity index is 1.64. The molecule has 2 aliphatic heterocycles. The van der Waals surface area contributed by atoms with Gasteiger partial charge in [-0.1, -0.05) is 43.9 Å².